The van der Waals surface area contributed by atoms with Crippen LogP contribution in [-0.4, -0.2) is 46.0 Å². The van der Waals surface area contributed by atoms with Gasteiger partial charge in [0.1, 0.15) is 35.4 Å². The minimum atomic E-state index is -0.308. The lowest BCUT2D eigenvalue weighted by Gasteiger charge is -2.28. The van der Waals surface area contributed by atoms with Crippen LogP contribution >= 0.6 is 0 Å². The molecule has 1 aromatic carbocycles. The number of piperazine rings is 1. The summed E-state index contributed by atoms with van der Waals surface area (Å²) in [4.78, 5) is 15.2. The van der Waals surface area contributed by atoms with Gasteiger partial charge in [-0.2, -0.15) is 5.26 Å². The van der Waals surface area contributed by atoms with Gasteiger partial charge in [0.05, 0.1) is 17.3 Å². The Kier molecular flexibility index (Phi) is 5.70. The van der Waals surface area contributed by atoms with Crippen molar-refractivity contribution in [2.24, 2.45) is 0 Å². The van der Waals surface area contributed by atoms with E-state index in [1.807, 2.05) is 13.0 Å². The first-order valence-electron chi connectivity index (χ1n) is 9.84. The van der Waals surface area contributed by atoms with Gasteiger partial charge >= 0.3 is 0 Å². The van der Waals surface area contributed by atoms with E-state index in [9.17, 15) is 9.65 Å². The number of fused-ring (bicyclic) bond motifs is 1. The summed E-state index contributed by atoms with van der Waals surface area (Å²) in [6.45, 7) is 6.34. The molecule has 9 heteroatoms. The Labute approximate surface area is 174 Å². The molecule has 0 aliphatic carbocycles. The minimum absolute atomic E-state index is 0.135. The number of anilines is 2. The molecule has 1 saturated heterocycles. The third-order valence-corrected chi connectivity index (χ3v) is 5.28. The maximum absolute atomic E-state index is 13.8. The molecule has 0 spiro atoms. The third-order valence-electron chi connectivity index (χ3n) is 5.28. The first-order chi connectivity index (χ1) is 14.5. The molecular formula is C21H23FN8. The SMILES string of the molecule is CC(Nc1ncnc(N)c1C#N)c1cc2ccc(F)cc2nc1CN1CCNCC1. The summed E-state index contributed by atoms with van der Waals surface area (Å²) in [7, 11) is 0. The minimum Gasteiger partial charge on any atom is -0.382 e. The molecule has 0 radical (unpaired) electrons. The molecule has 0 saturated carbocycles. The van der Waals surface area contributed by atoms with Crippen molar-refractivity contribution in [3.05, 3.63) is 53.2 Å². The Morgan fingerprint density at radius 2 is 2.10 bits per heavy atom. The van der Waals surface area contributed by atoms with E-state index in [0.717, 1.165) is 42.8 Å². The fourth-order valence-corrected chi connectivity index (χ4v) is 3.68. The van der Waals surface area contributed by atoms with Crippen molar-refractivity contribution in [3.8, 4) is 6.07 Å². The zero-order valence-corrected chi connectivity index (χ0v) is 16.7. The fraction of sp³-hybridized carbons (Fsp3) is 0.333. The lowest BCUT2D eigenvalue weighted by atomic mass is 10.0. The third kappa shape index (κ3) is 4.15. The van der Waals surface area contributed by atoms with Gasteiger partial charge in [0.15, 0.2) is 0 Å². The number of pyridine rings is 1. The number of nitrogen functional groups attached to an aromatic ring is 1. The average molecular weight is 406 g/mol. The van der Waals surface area contributed by atoms with Crippen LogP contribution < -0.4 is 16.4 Å². The van der Waals surface area contributed by atoms with Gasteiger partial charge in [-0.1, -0.05) is 0 Å². The molecular weight excluding hydrogens is 383 g/mol. The number of benzene rings is 1. The van der Waals surface area contributed by atoms with Crippen molar-refractivity contribution in [1.29, 1.82) is 5.26 Å². The largest absolute Gasteiger partial charge is 0.382 e. The summed E-state index contributed by atoms with van der Waals surface area (Å²) in [5, 5.41) is 16.9. The second-order valence-electron chi connectivity index (χ2n) is 7.35. The molecule has 3 aromatic rings. The van der Waals surface area contributed by atoms with Gasteiger partial charge in [0.2, 0.25) is 0 Å². The van der Waals surface area contributed by atoms with Crippen molar-refractivity contribution in [1.82, 2.24) is 25.2 Å². The van der Waals surface area contributed by atoms with Gasteiger partial charge in [-0.3, -0.25) is 9.88 Å². The topological polar surface area (TPSA) is 116 Å². The van der Waals surface area contributed by atoms with Crippen molar-refractivity contribution < 1.29 is 4.39 Å². The maximum Gasteiger partial charge on any atom is 0.150 e. The van der Waals surface area contributed by atoms with Crippen LogP contribution in [0.1, 0.15) is 29.8 Å². The van der Waals surface area contributed by atoms with Crippen LogP contribution in [0, 0.1) is 17.1 Å². The number of halogens is 1. The first kappa shape index (κ1) is 19.9. The molecule has 1 aliphatic heterocycles. The van der Waals surface area contributed by atoms with Crippen LogP contribution in [0.3, 0.4) is 0 Å². The lowest BCUT2D eigenvalue weighted by Crippen LogP contribution is -2.43. The van der Waals surface area contributed by atoms with Gasteiger partial charge < -0.3 is 16.4 Å². The average Bonchev–Trinajstić information content (AvgIpc) is 2.74. The maximum atomic E-state index is 13.8. The van der Waals surface area contributed by atoms with E-state index in [-0.39, 0.29) is 23.2 Å². The molecule has 0 bridgehead atoms. The highest BCUT2D eigenvalue weighted by atomic mass is 19.1. The molecule has 2 aromatic heterocycles. The van der Waals surface area contributed by atoms with Crippen LogP contribution in [-0.2, 0) is 6.54 Å². The van der Waals surface area contributed by atoms with Crippen LogP contribution in [0.5, 0.6) is 0 Å². The van der Waals surface area contributed by atoms with E-state index in [0.29, 0.717) is 17.9 Å². The molecule has 1 aliphatic rings. The standard InChI is InChI=1S/C21H23FN8/c1-13(28-21-17(10-23)20(24)26-12-27-21)16-8-14-2-3-15(22)9-18(14)29-19(16)11-30-6-4-25-5-7-30/h2-3,8-9,12-13,25H,4-7,11H2,1H3,(H3,24,26,27,28). The fourth-order valence-electron chi connectivity index (χ4n) is 3.68. The van der Waals surface area contributed by atoms with Gasteiger partial charge in [0, 0.05) is 44.2 Å². The predicted octanol–water partition coefficient (Wildman–Crippen LogP) is 2.20. The molecule has 1 fully saturated rings. The lowest BCUT2D eigenvalue weighted by molar-refractivity contribution is 0.230. The predicted molar refractivity (Wildman–Crippen MR) is 113 cm³/mol. The molecule has 4 rings (SSSR count). The zero-order chi connectivity index (χ0) is 21.1. The highest BCUT2D eigenvalue weighted by Gasteiger charge is 2.20. The summed E-state index contributed by atoms with van der Waals surface area (Å²) in [6.07, 6.45) is 1.33. The Morgan fingerprint density at radius 1 is 1.30 bits per heavy atom. The van der Waals surface area contributed by atoms with Crippen LogP contribution in [0.25, 0.3) is 10.9 Å². The summed E-state index contributed by atoms with van der Waals surface area (Å²) in [6, 6.07) is 8.49. The summed E-state index contributed by atoms with van der Waals surface area (Å²) >= 11 is 0. The summed E-state index contributed by atoms with van der Waals surface area (Å²) in [5.41, 5.74) is 8.49. The molecule has 3 heterocycles. The quantitative estimate of drug-likeness (QED) is 0.591. The number of hydrogen-bond donors (Lipinski definition) is 3. The second kappa shape index (κ2) is 8.57. The van der Waals surface area contributed by atoms with Crippen molar-refractivity contribution in [3.63, 3.8) is 0 Å². The highest BCUT2D eigenvalue weighted by molar-refractivity contribution is 5.80. The van der Waals surface area contributed by atoms with Crippen molar-refractivity contribution in [2.45, 2.75) is 19.5 Å². The van der Waals surface area contributed by atoms with Crippen LogP contribution in [0.15, 0.2) is 30.6 Å². The molecule has 30 heavy (non-hydrogen) atoms. The van der Waals surface area contributed by atoms with E-state index in [2.05, 4.69) is 31.6 Å². The monoisotopic (exact) mass is 406 g/mol. The Hall–Kier alpha value is -3.35. The number of aromatic nitrogens is 3. The molecule has 154 valence electrons. The Balaban J connectivity index is 1.72. The zero-order valence-electron chi connectivity index (χ0n) is 16.7. The number of nitrogens with zero attached hydrogens (tertiary/aromatic N) is 5. The number of nitrogens with two attached hydrogens (primary N) is 1. The number of rotatable bonds is 5. The first-order valence-corrected chi connectivity index (χ1v) is 9.84. The normalized spacial score (nSPS) is 15.6. The second-order valence-corrected chi connectivity index (χ2v) is 7.35. The molecule has 1 atom stereocenters. The highest BCUT2D eigenvalue weighted by Crippen LogP contribution is 2.28. The van der Waals surface area contributed by atoms with Gasteiger partial charge in [-0.15, -0.1) is 0 Å². The molecule has 1 unspecified atom stereocenters. The van der Waals surface area contributed by atoms with Crippen molar-refractivity contribution >= 4 is 22.5 Å². The van der Waals surface area contributed by atoms with Gasteiger partial charge in [-0.05, 0) is 30.7 Å². The van der Waals surface area contributed by atoms with Gasteiger partial charge in [0.25, 0.3) is 0 Å². The smallest absolute Gasteiger partial charge is 0.150 e. The molecule has 8 nitrogen and oxygen atoms in total. The number of hydrogen-bond acceptors (Lipinski definition) is 8. The molecule has 4 N–H and O–H groups in total. The number of nitriles is 1. The van der Waals surface area contributed by atoms with Crippen LogP contribution in [0.4, 0.5) is 16.0 Å². The van der Waals surface area contributed by atoms with E-state index < -0.39 is 0 Å². The Bertz CT molecular complexity index is 1100. The van der Waals surface area contributed by atoms with E-state index in [1.54, 1.807) is 6.07 Å². The van der Waals surface area contributed by atoms with E-state index in [1.165, 1.54) is 18.5 Å². The van der Waals surface area contributed by atoms with Crippen LogP contribution in [0.2, 0.25) is 0 Å². The van der Waals surface area contributed by atoms with Gasteiger partial charge in [-0.25, -0.2) is 14.4 Å². The van der Waals surface area contributed by atoms with E-state index >= 15 is 0 Å². The molecule has 0 amide bonds. The van der Waals surface area contributed by atoms with E-state index in [4.69, 9.17) is 10.7 Å². The van der Waals surface area contributed by atoms with Crippen molar-refractivity contribution in [2.75, 3.05) is 37.2 Å². The summed E-state index contributed by atoms with van der Waals surface area (Å²) < 4.78 is 13.8. The Morgan fingerprint density at radius 3 is 2.87 bits per heavy atom. The summed E-state index contributed by atoms with van der Waals surface area (Å²) in [5.74, 6) is 0.206. The number of nitrogens with one attached hydrogen (secondary N) is 2.